The Morgan fingerprint density at radius 1 is 1.15 bits per heavy atom. The Balaban J connectivity index is 2.50. The first-order chi connectivity index (χ1) is 8.96. The number of hydrogen-bond donors (Lipinski definition) is 1. The lowest BCUT2D eigenvalue weighted by Gasteiger charge is -2.32. The fraction of sp³-hybridized carbons (Fsp3) is 0.667. The second kappa shape index (κ2) is 4.55. The summed E-state index contributed by atoms with van der Waals surface area (Å²) in [4.78, 5) is 4.32. The monoisotopic (exact) mass is 277 g/mol. The Morgan fingerprint density at radius 2 is 1.65 bits per heavy atom. The highest BCUT2D eigenvalue weighted by Crippen LogP contribution is 2.37. The number of aryl methyl sites for hydroxylation is 1. The number of aliphatic hydroxyl groups is 1. The van der Waals surface area contributed by atoms with Crippen molar-refractivity contribution in [1.29, 1.82) is 0 Å². The fourth-order valence-electron chi connectivity index (χ4n) is 2.37. The average molecular weight is 277 g/mol. The van der Waals surface area contributed by atoms with Crippen molar-refractivity contribution >= 4 is 12.6 Å². The predicted molar refractivity (Wildman–Crippen MR) is 79.9 cm³/mol. The van der Waals surface area contributed by atoms with Crippen molar-refractivity contribution in [3.8, 4) is 0 Å². The van der Waals surface area contributed by atoms with Gasteiger partial charge in [0, 0.05) is 17.4 Å². The first-order valence-electron chi connectivity index (χ1n) is 7.00. The number of aromatic nitrogens is 1. The molecule has 1 aliphatic rings. The van der Waals surface area contributed by atoms with Gasteiger partial charge in [-0.2, -0.15) is 0 Å². The van der Waals surface area contributed by atoms with Gasteiger partial charge in [-0.15, -0.1) is 0 Å². The summed E-state index contributed by atoms with van der Waals surface area (Å²) >= 11 is 0. The van der Waals surface area contributed by atoms with Crippen LogP contribution in [0, 0.1) is 6.92 Å². The summed E-state index contributed by atoms with van der Waals surface area (Å²) in [5.41, 5.74) is 0.672. The van der Waals surface area contributed by atoms with E-state index >= 15 is 0 Å². The van der Waals surface area contributed by atoms with Crippen LogP contribution in [0.25, 0.3) is 0 Å². The van der Waals surface area contributed by atoms with Crippen molar-refractivity contribution in [2.75, 3.05) is 0 Å². The van der Waals surface area contributed by atoms with Crippen molar-refractivity contribution in [2.45, 2.75) is 65.3 Å². The van der Waals surface area contributed by atoms with Gasteiger partial charge in [0.15, 0.2) is 0 Å². The highest BCUT2D eigenvalue weighted by atomic mass is 16.7. The number of nitrogens with zero attached hydrogens (tertiary/aromatic N) is 1. The Hall–Kier alpha value is -0.905. The van der Waals surface area contributed by atoms with E-state index in [1.807, 2.05) is 40.7 Å². The standard InChI is InChI=1S/C15H24BNO3/c1-10-12(11(8-9-17-10)13(2,3)18)16-19-14(4,5)15(6,7)20-16/h8-9,18H,1-7H3. The molecule has 1 N–H and O–H groups in total. The van der Waals surface area contributed by atoms with Crippen LogP contribution in [0.1, 0.15) is 52.8 Å². The summed E-state index contributed by atoms with van der Waals surface area (Å²) in [7, 11) is -0.505. The van der Waals surface area contributed by atoms with Gasteiger partial charge < -0.3 is 14.4 Å². The van der Waals surface area contributed by atoms with Crippen molar-refractivity contribution in [3.05, 3.63) is 23.5 Å². The summed E-state index contributed by atoms with van der Waals surface area (Å²) in [6.45, 7) is 13.5. The zero-order chi connectivity index (χ0) is 15.3. The molecule has 1 saturated heterocycles. The van der Waals surface area contributed by atoms with Gasteiger partial charge in [0.25, 0.3) is 0 Å². The van der Waals surface area contributed by atoms with E-state index in [9.17, 15) is 5.11 Å². The lowest BCUT2D eigenvalue weighted by Crippen LogP contribution is -2.42. The van der Waals surface area contributed by atoms with Gasteiger partial charge in [0.1, 0.15) is 0 Å². The Labute approximate surface area is 121 Å². The van der Waals surface area contributed by atoms with Gasteiger partial charge in [-0.1, -0.05) is 0 Å². The van der Waals surface area contributed by atoms with Crippen LogP contribution >= 0.6 is 0 Å². The molecule has 110 valence electrons. The Kier molecular flexibility index (Phi) is 3.52. The van der Waals surface area contributed by atoms with E-state index in [1.165, 1.54) is 0 Å². The molecule has 0 radical (unpaired) electrons. The molecule has 0 saturated carbocycles. The highest BCUT2D eigenvalue weighted by Gasteiger charge is 2.53. The first kappa shape index (κ1) is 15.5. The zero-order valence-electron chi connectivity index (χ0n) is 13.4. The maximum Gasteiger partial charge on any atom is 0.497 e. The van der Waals surface area contributed by atoms with Crippen LogP contribution in [0.5, 0.6) is 0 Å². The van der Waals surface area contributed by atoms with Crippen molar-refractivity contribution < 1.29 is 14.4 Å². The lowest BCUT2D eigenvalue weighted by atomic mass is 9.71. The van der Waals surface area contributed by atoms with E-state index in [-0.39, 0.29) is 0 Å². The van der Waals surface area contributed by atoms with Crippen LogP contribution in [-0.2, 0) is 14.9 Å². The van der Waals surface area contributed by atoms with Crippen molar-refractivity contribution in [3.63, 3.8) is 0 Å². The molecular weight excluding hydrogens is 253 g/mol. The first-order valence-corrected chi connectivity index (χ1v) is 7.00. The molecular formula is C15H24BNO3. The SMILES string of the molecule is Cc1nccc(C(C)(C)O)c1B1OC(C)(C)C(C)(C)O1. The summed E-state index contributed by atoms with van der Waals surface area (Å²) in [6.07, 6.45) is 1.71. The molecule has 0 amide bonds. The fourth-order valence-corrected chi connectivity index (χ4v) is 2.37. The summed E-state index contributed by atoms with van der Waals surface area (Å²) in [5, 5.41) is 10.4. The van der Waals surface area contributed by atoms with Crippen LogP contribution in [0.4, 0.5) is 0 Å². The van der Waals surface area contributed by atoms with Crippen LogP contribution in [-0.4, -0.2) is 28.4 Å². The van der Waals surface area contributed by atoms with E-state index in [2.05, 4.69) is 4.98 Å². The van der Waals surface area contributed by atoms with E-state index in [4.69, 9.17) is 9.31 Å². The number of hydrogen-bond acceptors (Lipinski definition) is 4. The van der Waals surface area contributed by atoms with Gasteiger partial charge >= 0.3 is 7.12 Å². The lowest BCUT2D eigenvalue weighted by molar-refractivity contribution is 0.00578. The molecule has 4 nitrogen and oxygen atoms in total. The van der Waals surface area contributed by atoms with Crippen LogP contribution in [0.15, 0.2) is 12.3 Å². The van der Waals surface area contributed by atoms with Crippen molar-refractivity contribution in [2.24, 2.45) is 0 Å². The molecule has 5 heteroatoms. The maximum atomic E-state index is 10.4. The van der Waals surface area contributed by atoms with E-state index < -0.39 is 23.9 Å². The largest absolute Gasteiger partial charge is 0.497 e. The smallest absolute Gasteiger partial charge is 0.399 e. The Bertz CT molecular complexity index is 504. The van der Waals surface area contributed by atoms with Gasteiger partial charge in [-0.05, 0) is 60.1 Å². The molecule has 0 spiro atoms. The van der Waals surface area contributed by atoms with Gasteiger partial charge in [0.2, 0.25) is 0 Å². The molecule has 1 aromatic rings. The summed E-state index contributed by atoms with van der Waals surface area (Å²) in [6, 6.07) is 1.83. The second-order valence-corrected chi connectivity index (χ2v) is 7.00. The normalized spacial score (nSPS) is 21.3. The second-order valence-electron chi connectivity index (χ2n) is 7.00. The summed E-state index contributed by atoms with van der Waals surface area (Å²) in [5.74, 6) is 0. The third kappa shape index (κ3) is 2.50. The van der Waals surface area contributed by atoms with Crippen LogP contribution in [0.2, 0.25) is 0 Å². The molecule has 20 heavy (non-hydrogen) atoms. The molecule has 2 rings (SSSR count). The maximum absolute atomic E-state index is 10.4. The molecule has 0 aromatic carbocycles. The topological polar surface area (TPSA) is 51.6 Å². The highest BCUT2D eigenvalue weighted by molar-refractivity contribution is 6.63. The van der Waals surface area contributed by atoms with Crippen LogP contribution < -0.4 is 5.46 Å². The minimum atomic E-state index is -0.966. The van der Waals surface area contributed by atoms with E-state index in [0.29, 0.717) is 0 Å². The molecule has 0 atom stereocenters. The molecule has 0 bridgehead atoms. The average Bonchev–Trinajstić information content (AvgIpc) is 2.46. The third-order valence-corrected chi connectivity index (χ3v) is 4.34. The molecule has 0 aliphatic carbocycles. The zero-order valence-corrected chi connectivity index (χ0v) is 13.4. The Morgan fingerprint density at radius 3 is 2.10 bits per heavy atom. The van der Waals surface area contributed by atoms with E-state index in [1.54, 1.807) is 20.0 Å². The molecule has 2 heterocycles. The third-order valence-electron chi connectivity index (χ3n) is 4.34. The number of rotatable bonds is 2. The van der Waals surface area contributed by atoms with Gasteiger partial charge in [-0.3, -0.25) is 4.98 Å². The summed E-state index contributed by atoms with van der Waals surface area (Å²) < 4.78 is 12.2. The predicted octanol–water partition coefficient (Wildman–Crippen LogP) is 1.92. The minimum Gasteiger partial charge on any atom is -0.399 e. The molecule has 1 aliphatic heterocycles. The molecule has 0 unspecified atom stereocenters. The van der Waals surface area contributed by atoms with Gasteiger partial charge in [-0.25, -0.2) is 0 Å². The van der Waals surface area contributed by atoms with Crippen molar-refractivity contribution in [1.82, 2.24) is 4.98 Å². The van der Waals surface area contributed by atoms with E-state index in [0.717, 1.165) is 16.7 Å². The molecule has 1 aromatic heterocycles. The molecule has 1 fully saturated rings. The number of pyridine rings is 1. The minimum absolute atomic E-state index is 0.406. The van der Waals surface area contributed by atoms with Crippen LogP contribution in [0.3, 0.4) is 0 Å². The quantitative estimate of drug-likeness (QED) is 0.839. The van der Waals surface area contributed by atoms with Gasteiger partial charge in [0.05, 0.1) is 16.8 Å².